The number of nitrogens with one attached hydrogen (secondary N) is 2. The van der Waals surface area contributed by atoms with Crippen molar-refractivity contribution >= 4 is 39.2 Å². The van der Waals surface area contributed by atoms with Crippen LogP contribution in [0.4, 0.5) is 4.39 Å². The van der Waals surface area contributed by atoms with Crippen LogP contribution in [0.15, 0.2) is 33.9 Å². The van der Waals surface area contributed by atoms with Crippen molar-refractivity contribution < 1.29 is 18.7 Å². The molecule has 23 heavy (non-hydrogen) atoms. The molecular formula is C15H16BrFN2O3S. The third kappa shape index (κ3) is 4.27. The Balaban J connectivity index is 2.33. The van der Waals surface area contributed by atoms with Crippen LogP contribution < -0.4 is 10.6 Å². The first kappa shape index (κ1) is 17.8. The summed E-state index contributed by atoms with van der Waals surface area (Å²) < 4.78 is 23.8. The summed E-state index contributed by atoms with van der Waals surface area (Å²) >= 11 is 8.30. The van der Waals surface area contributed by atoms with E-state index in [1.165, 1.54) is 13.2 Å². The molecule has 0 saturated carbocycles. The summed E-state index contributed by atoms with van der Waals surface area (Å²) in [7, 11) is 1.53. The van der Waals surface area contributed by atoms with E-state index in [9.17, 15) is 9.18 Å². The zero-order valence-corrected chi connectivity index (χ0v) is 15.0. The third-order valence-corrected chi connectivity index (χ3v) is 4.11. The summed E-state index contributed by atoms with van der Waals surface area (Å²) in [6.45, 7) is 2.20. The Labute approximate surface area is 147 Å². The van der Waals surface area contributed by atoms with Crippen LogP contribution in [0.1, 0.15) is 18.5 Å². The maximum atomic E-state index is 13.5. The molecule has 0 saturated heterocycles. The van der Waals surface area contributed by atoms with Crippen LogP contribution in [0, 0.1) is 5.82 Å². The highest BCUT2D eigenvalue weighted by Crippen LogP contribution is 2.30. The molecule has 0 aromatic heterocycles. The highest BCUT2D eigenvalue weighted by atomic mass is 79.9. The molecule has 1 heterocycles. The molecule has 5 nitrogen and oxygen atoms in total. The molecule has 1 aromatic rings. The topological polar surface area (TPSA) is 59.6 Å². The molecule has 0 amide bonds. The van der Waals surface area contributed by atoms with Crippen LogP contribution in [-0.4, -0.2) is 31.4 Å². The maximum absolute atomic E-state index is 13.5. The number of benzene rings is 1. The molecule has 2 N–H and O–H groups in total. The lowest BCUT2D eigenvalue weighted by atomic mass is 9.96. The number of methoxy groups -OCH3 is 1. The summed E-state index contributed by atoms with van der Waals surface area (Å²) in [4.78, 5) is 12.4. The Morgan fingerprint density at radius 3 is 2.83 bits per heavy atom. The third-order valence-electron chi connectivity index (χ3n) is 3.29. The van der Waals surface area contributed by atoms with Gasteiger partial charge in [0.1, 0.15) is 12.4 Å². The summed E-state index contributed by atoms with van der Waals surface area (Å²) in [5.74, 6) is -0.859. The molecule has 1 aromatic carbocycles. The smallest absolute Gasteiger partial charge is 0.338 e. The lowest BCUT2D eigenvalue weighted by molar-refractivity contribution is -0.140. The number of hydrogen-bond donors (Lipinski definition) is 2. The van der Waals surface area contributed by atoms with Crippen molar-refractivity contribution in [1.29, 1.82) is 0 Å². The number of hydrogen-bond acceptors (Lipinski definition) is 4. The minimum absolute atomic E-state index is 0.149. The lowest BCUT2D eigenvalue weighted by Gasteiger charge is -2.30. The average molecular weight is 403 g/mol. The van der Waals surface area contributed by atoms with Gasteiger partial charge in [0.25, 0.3) is 0 Å². The van der Waals surface area contributed by atoms with Crippen molar-refractivity contribution in [1.82, 2.24) is 10.6 Å². The first-order chi connectivity index (χ1) is 10.9. The van der Waals surface area contributed by atoms with Crippen LogP contribution in [-0.2, 0) is 14.3 Å². The van der Waals surface area contributed by atoms with E-state index in [-0.39, 0.29) is 12.4 Å². The van der Waals surface area contributed by atoms with Gasteiger partial charge in [0.05, 0.1) is 22.7 Å². The first-order valence-corrected chi connectivity index (χ1v) is 8.03. The number of thiocarbonyl (C=S) groups is 1. The Kier molecular flexibility index (Phi) is 6.09. The van der Waals surface area contributed by atoms with Crippen molar-refractivity contribution in [3.05, 3.63) is 45.3 Å². The molecule has 8 heteroatoms. The van der Waals surface area contributed by atoms with E-state index in [0.29, 0.717) is 33.0 Å². The number of allylic oxidation sites excluding steroid dienone is 1. The first-order valence-electron chi connectivity index (χ1n) is 6.83. The van der Waals surface area contributed by atoms with Gasteiger partial charge in [-0.1, -0.05) is 6.07 Å². The second-order valence-electron chi connectivity index (χ2n) is 4.87. The highest BCUT2D eigenvalue weighted by Gasteiger charge is 2.31. The molecule has 1 aliphatic rings. The molecule has 2 rings (SSSR count). The highest BCUT2D eigenvalue weighted by molar-refractivity contribution is 9.10. The van der Waals surface area contributed by atoms with Crippen LogP contribution in [0.2, 0.25) is 0 Å². The van der Waals surface area contributed by atoms with Gasteiger partial charge in [-0.15, -0.1) is 0 Å². The fourth-order valence-corrected chi connectivity index (χ4v) is 2.87. The SMILES string of the molecule is COCCOC(=O)C1=C(C)NC(=S)N[C@@H]1c1ccc(F)c(Br)c1. The molecule has 0 radical (unpaired) electrons. The van der Waals surface area contributed by atoms with E-state index in [0.717, 1.165) is 0 Å². The molecule has 0 unspecified atom stereocenters. The predicted octanol–water partition coefficient (Wildman–Crippen LogP) is 2.57. The number of rotatable bonds is 5. The van der Waals surface area contributed by atoms with E-state index in [4.69, 9.17) is 21.7 Å². The molecule has 1 aliphatic heterocycles. The second kappa shape index (κ2) is 7.85. The molecule has 1 atom stereocenters. The quantitative estimate of drug-likeness (QED) is 0.448. The van der Waals surface area contributed by atoms with E-state index in [2.05, 4.69) is 26.6 Å². The van der Waals surface area contributed by atoms with Crippen molar-refractivity contribution in [2.45, 2.75) is 13.0 Å². The van der Waals surface area contributed by atoms with Gasteiger partial charge < -0.3 is 20.1 Å². The second-order valence-corrected chi connectivity index (χ2v) is 6.13. The Hall–Kier alpha value is -1.51. The van der Waals surface area contributed by atoms with Gasteiger partial charge in [0.15, 0.2) is 5.11 Å². The Morgan fingerprint density at radius 1 is 1.43 bits per heavy atom. The molecule has 124 valence electrons. The Bertz CT molecular complexity index is 666. The van der Waals surface area contributed by atoms with Crippen molar-refractivity contribution in [3.8, 4) is 0 Å². The minimum Gasteiger partial charge on any atom is -0.460 e. The van der Waals surface area contributed by atoms with E-state index >= 15 is 0 Å². The number of carbonyl (C=O) groups is 1. The van der Waals surface area contributed by atoms with Gasteiger partial charge in [-0.25, -0.2) is 9.18 Å². The van der Waals surface area contributed by atoms with Crippen molar-refractivity contribution in [2.24, 2.45) is 0 Å². The monoisotopic (exact) mass is 402 g/mol. The van der Waals surface area contributed by atoms with Gasteiger partial charge in [0, 0.05) is 12.8 Å². The normalized spacial score (nSPS) is 17.6. The van der Waals surface area contributed by atoms with E-state index in [1.54, 1.807) is 19.1 Å². The molecule has 0 bridgehead atoms. The molecule has 0 fully saturated rings. The zero-order valence-electron chi connectivity index (χ0n) is 12.6. The van der Waals surface area contributed by atoms with Gasteiger partial charge in [-0.05, 0) is 52.8 Å². The van der Waals surface area contributed by atoms with Gasteiger partial charge >= 0.3 is 5.97 Å². The fourth-order valence-electron chi connectivity index (χ4n) is 2.20. The summed E-state index contributed by atoms with van der Waals surface area (Å²) in [5.41, 5.74) is 1.69. The minimum atomic E-state index is -0.518. The lowest BCUT2D eigenvalue weighted by Crippen LogP contribution is -2.45. The predicted molar refractivity (Wildman–Crippen MR) is 91.2 cm³/mol. The Morgan fingerprint density at radius 2 is 2.17 bits per heavy atom. The van der Waals surface area contributed by atoms with E-state index in [1.807, 2.05) is 0 Å². The largest absolute Gasteiger partial charge is 0.460 e. The van der Waals surface area contributed by atoms with Gasteiger partial charge in [-0.2, -0.15) is 0 Å². The number of halogens is 2. The van der Waals surface area contributed by atoms with Crippen LogP contribution >= 0.6 is 28.1 Å². The summed E-state index contributed by atoms with van der Waals surface area (Å²) in [6.07, 6.45) is 0. The van der Waals surface area contributed by atoms with Gasteiger partial charge in [-0.3, -0.25) is 0 Å². The number of carbonyl (C=O) groups excluding carboxylic acids is 1. The fraction of sp³-hybridized carbons (Fsp3) is 0.333. The van der Waals surface area contributed by atoms with Crippen LogP contribution in [0.25, 0.3) is 0 Å². The average Bonchev–Trinajstić information content (AvgIpc) is 2.49. The van der Waals surface area contributed by atoms with E-state index < -0.39 is 12.0 Å². The van der Waals surface area contributed by atoms with Gasteiger partial charge in [0.2, 0.25) is 0 Å². The molecule has 0 aliphatic carbocycles. The zero-order chi connectivity index (χ0) is 17.0. The standard InChI is InChI=1S/C15H16BrFN2O3S/c1-8-12(14(20)22-6-5-21-2)13(19-15(23)18-8)9-3-4-11(17)10(16)7-9/h3-4,7,13H,5-6H2,1-2H3,(H2,18,19,23)/t13-/m1/s1. The maximum Gasteiger partial charge on any atom is 0.338 e. The summed E-state index contributed by atoms with van der Waals surface area (Å²) in [6, 6.07) is 4.02. The number of esters is 1. The van der Waals surface area contributed by atoms with Crippen molar-refractivity contribution in [3.63, 3.8) is 0 Å². The summed E-state index contributed by atoms with van der Waals surface area (Å²) in [5, 5.41) is 6.32. The van der Waals surface area contributed by atoms with Crippen molar-refractivity contribution in [2.75, 3.05) is 20.3 Å². The van der Waals surface area contributed by atoms with Crippen LogP contribution in [0.3, 0.4) is 0 Å². The molecule has 0 spiro atoms. The van der Waals surface area contributed by atoms with Crippen LogP contribution in [0.5, 0.6) is 0 Å². The number of ether oxygens (including phenoxy) is 2. The molecular weight excluding hydrogens is 387 g/mol.